The van der Waals surface area contributed by atoms with Crippen LogP contribution in [0.25, 0.3) is 0 Å². The number of carbonyl (C=O) groups is 2. The molecule has 1 aliphatic rings. The molecule has 1 aromatic rings. The van der Waals surface area contributed by atoms with Crippen LogP contribution in [0.3, 0.4) is 0 Å². The molecule has 1 saturated heterocycles. The van der Waals surface area contributed by atoms with Gasteiger partial charge in [0.1, 0.15) is 5.92 Å². The van der Waals surface area contributed by atoms with Crippen molar-refractivity contribution in [1.29, 1.82) is 0 Å². The van der Waals surface area contributed by atoms with Gasteiger partial charge in [0, 0.05) is 13.1 Å². The van der Waals surface area contributed by atoms with Gasteiger partial charge in [-0.1, -0.05) is 37.3 Å². The maximum Gasteiger partial charge on any atom is 0.316 e. The molecule has 1 aromatic carbocycles. The molecule has 0 aliphatic carbocycles. The van der Waals surface area contributed by atoms with E-state index < -0.39 is 5.92 Å². The van der Waals surface area contributed by atoms with Gasteiger partial charge in [0.2, 0.25) is 0 Å². The van der Waals surface area contributed by atoms with Crippen LogP contribution in [0.1, 0.15) is 32.3 Å². The SMILES string of the molecule is CCOC(=O)C1CCN(Cc2ccccc2)C(CC)C1=O. The van der Waals surface area contributed by atoms with Crippen molar-refractivity contribution in [2.45, 2.75) is 39.3 Å². The first-order chi connectivity index (χ1) is 10.2. The monoisotopic (exact) mass is 289 g/mol. The molecule has 114 valence electrons. The molecule has 0 saturated carbocycles. The second-order valence-corrected chi connectivity index (χ2v) is 5.38. The summed E-state index contributed by atoms with van der Waals surface area (Å²) in [5.41, 5.74) is 1.19. The highest BCUT2D eigenvalue weighted by Crippen LogP contribution is 2.24. The zero-order valence-electron chi connectivity index (χ0n) is 12.7. The lowest BCUT2D eigenvalue weighted by Gasteiger charge is -2.37. The Morgan fingerprint density at radius 1 is 1.29 bits per heavy atom. The number of Topliss-reactive ketones (excluding diaryl/α,β-unsaturated/α-hetero) is 1. The summed E-state index contributed by atoms with van der Waals surface area (Å²) < 4.78 is 5.02. The Labute approximate surface area is 126 Å². The summed E-state index contributed by atoms with van der Waals surface area (Å²) in [6.45, 7) is 5.59. The Balaban J connectivity index is 2.06. The van der Waals surface area contributed by atoms with E-state index >= 15 is 0 Å². The highest BCUT2D eigenvalue weighted by Gasteiger charge is 2.39. The van der Waals surface area contributed by atoms with E-state index in [1.54, 1.807) is 6.92 Å². The lowest BCUT2D eigenvalue weighted by molar-refractivity contribution is -0.155. The summed E-state index contributed by atoms with van der Waals surface area (Å²) in [5, 5.41) is 0. The molecule has 0 bridgehead atoms. The predicted octanol–water partition coefficient (Wildman–Crippen LogP) is 2.42. The van der Waals surface area contributed by atoms with Gasteiger partial charge in [0.15, 0.2) is 5.78 Å². The fourth-order valence-electron chi connectivity index (χ4n) is 2.95. The molecule has 0 N–H and O–H groups in total. The molecule has 1 fully saturated rings. The van der Waals surface area contributed by atoms with Crippen LogP contribution in [-0.2, 0) is 20.9 Å². The molecule has 0 aromatic heterocycles. The van der Waals surface area contributed by atoms with Gasteiger partial charge in [-0.3, -0.25) is 14.5 Å². The largest absolute Gasteiger partial charge is 0.465 e. The number of ketones is 1. The van der Waals surface area contributed by atoms with Gasteiger partial charge in [-0.15, -0.1) is 0 Å². The zero-order chi connectivity index (χ0) is 15.2. The smallest absolute Gasteiger partial charge is 0.316 e. The van der Waals surface area contributed by atoms with E-state index in [4.69, 9.17) is 4.74 Å². The average molecular weight is 289 g/mol. The third-order valence-electron chi connectivity index (χ3n) is 4.00. The molecule has 4 heteroatoms. The number of esters is 1. The van der Waals surface area contributed by atoms with E-state index in [1.165, 1.54) is 5.56 Å². The average Bonchev–Trinajstić information content (AvgIpc) is 2.49. The van der Waals surface area contributed by atoms with Crippen molar-refractivity contribution in [1.82, 2.24) is 4.90 Å². The minimum Gasteiger partial charge on any atom is -0.465 e. The van der Waals surface area contributed by atoms with Gasteiger partial charge in [-0.25, -0.2) is 0 Å². The summed E-state index contributed by atoms with van der Waals surface area (Å²) in [4.78, 5) is 26.6. The highest BCUT2D eigenvalue weighted by molar-refractivity contribution is 6.02. The van der Waals surface area contributed by atoms with Crippen molar-refractivity contribution in [2.24, 2.45) is 5.92 Å². The Morgan fingerprint density at radius 2 is 2.00 bits per heavy atom. The van der Waals surface area contributed by atoms with Crippen molar-refractivity contribution in [3.8, 4) is 0 Å². The van der Waals surface area contributed by atoms with Gasteiger partial charge in [-0.2, -0.15) is 0 Å². The van der Waals surface area contributed by atoms with Gasteiger partial charge in [0.05, 0.1) is 12.6 Å². The molecule has 0 radical (unpaired) electrons. The third kappa shape index (κ3) is 3.70. The Morgan fingerprint density at radius 3 is 2.62 bits per heavy atom. The minimum absolute atomic E-state index is 0.0122. The van der Waals surface area contributed by atoms with Crippen LogP contribution in [0.2, 0.25) is 0 Å². The third-order valence-corrected chi connectivity index (χ3v) is 4.00. The number of carbonyl (C=O) groups excluding carboxylic acids is 2. The van der Waals surface area contributed by atoms with Crippen molar-refractivity contribution in [2.75, 3.05) is 13.2 Å². The predicted molar refractivity (Wildman–Crippen MR) is 80.7 cm³/mol. The Bertz CT molecular complexity index is 486. The Kier molecular flexibility index (Phi) is 5.51. The molecule has 1 heterocycles. The van der Waals surface area contributed by atoms with Crippen molar-refractivity contribution < 1.29 is 14.3 Å². The first-order valence-electron chi connectivity index (χ1n) is 7.65. The summed E-state index contributed by atoms with van der Waals surface area (Å²) in [5.74, 6) is -0.930. The maximum absolute atomic E-state index is 12.5. The number of nitrogens with zero attached hydrogens (tertiary/aromatic N) is 1. The molecule has 0 amide bonds. The molecule has 2 atom stereocenters. The van der Waals surface area contributed by atoms with Crippen molar-refractivity contribution >= 4 is 11.8 Å². The van der Waals surface area contributed by atoms with Gasteiger partial charge in [-0.05, 0) is 25.3 Å². The van der Waals surface area contributed by atoms with Gasteiger partial charge in [0.25, 0.3) is 0 Å². The topological polar surface area (TPSA) is 46.6 Å². The van der Waals surface area contributed by atoms with E-state index in [9.17, 15) is 9.59 Å². The van der Waals surface area contributed by atoms with Crippen LogP contribution in [0, 0.1) is 5.92 Å². The number of rotatable bonds is 5. The van der Waals surface area contributed by atoms with Gasteiger partial charge < -0.3 is 4.74 Å². The summed E-state index contributed by atoms with van der Waals surface area (Å²) >= 11 is 0. The second-order valence-electron chi connectivity index (χ2n) is 5.38. The van der Waals surface area contributed by atoms with E-state index in [0.717, 1.165) is 19.5 Å². The van der Waals surface area contributed by atoms with Crippen LogP contribution >= 0.6 is 0 Å². The molecular weight excluding hydrogens is 266 g/mol. The van der Waals surface area contributed by atoms with Crippen LogP contribution < -0.4 is 0 Å². The van der Waals surface area contributed by atoms with Crippen LogP contribution in [0.4, 0.5) is 0 Å². The number of piperidine rings is 1. The highest BCUT2D eigenvalue weighted by atomic mass is 16.5. The summed E-state index contributed by atoms with van der Waals surface area (Å²) in [7, 11) is 0. The molecule has 1 aliphatic heterocycles. The van der Waals surface area contributed by atoms with E-state index in [0.29, 0.717) is 13.0 Å². The van der Waals surface area contributed by atoms with Crippen LogP contribution in [0.5, 0.6) is 0 Å². The molecule has 2 unspecified atom stereocenters. The number of likely N-dealkylation sites (tertiary alicyclic amines) is 1. The van der Waals surface area contributed by atoms with Crippen molar-refractivity contribution in [3.05, 3.63) is 35.9 Å². The standard InChI is InChI=1S/C17H23NO3/c1-3-15-16(19)14(17(20)21-4-2)10-11-18(15)12-13-8-6-5-7-9-13/h5-9,14-15H,3-4,10-12H2,1-2H3. The number of benzene rings is 1. The number of hydrogen-bond acceptors (Lipinski definition) is 4. The minimum atomic E-state index is -0.582. The van der Waals surface area contributed by atoms with Crippen LogP contribution in [-0.4, -0.2) is 35.8 Å². The number of hydrogen-bond donors (Lipinski definition) is 0. The lowest BCUT2D eigenvalue weighted by atomic mass is 9.87. The quantitative estimate of drug-likeness (QED) is 0.617. The van der Waals surface area contributed by atoms with Crippen molar-refractivity contribution in [3.63, 3.8) is 0 Å². The van der Waals surface area contributed by atoms with E-state index in [2.05, 4.69) is 17.0 Å². The molecule has 4 nitrogen and oxygen atoms in total. The zero-order valence-corrected chi connectivity index (χ0v) is 12.7. The first-order valence-corrected chi connectivity index (χ1v) is 7.65. The second kappa shape index (κ2) is 7.36. The fraction of sp³-hybridized carbons (Fsp3) is 0.529. The van der Waals surface area contributed by atoms with E-state index in [1.807, 2.05) is 25.1 Å². The molecule has 21 heavy (non-hydrogen) atoms. The normalized spacial score (nSPS) is 23.0. The summed E-state index contributed by atoms with van der Waals surface area (Å²) in [6, 6.07) is 9.93. The maximum atomic E-state index is 12.5. The number of ether oxygens (including phenoxy) is 1. The molecule has 2 rings (SSSR count). The Hall–Kier alpha value is -1.68. The summed E-state index contributed by atoms with van der Waals surface area (Å²) in [6.07, 6.45) is 1.28. The molecular formula is C17H23NO3. The van der Waals surface area contributed by atoms with Gasteiger partial charge >= 0.3 is 5.97 Å². The fourth-order valence-corrected chi connectivity index (χ4v) is 2.95. The van der Waals surface area contributed by atoms with E-state index in [-0.39, 0.29) is 17.8 Å². The lowest BCUT2D eigenvalue weighted by Crippen LogP contribution is -2.51. The first kappa shape index (κ1) is 15.7. The molecule has 0 spiro atoms. The van der Waals surface area contributed by atoms with Crippen LogP contribution in [0.15, 0.2) is 30.3 Å².